The van der Waals surface area contributed by atoms with Crippen molar-refractivity contribution in [3.8, 4) is 0 Å². The number of hydrogen-bond donors (Lipinski definition) is 2. The predicted molar refractivity (Wildman–Crippen MR) is 73.0 cm³/mol. The molecule has 0 saturated carbocycles. The second-order valence-electron chi connectivity index (χ2n) is 4.75. The molecule has 1 heterocycles. The van der Waals surface area contributed by atoms with Gasteiger partial charge in [0.25, 0.3) is 0 Å². The van der Waals surface area contributed by atoms with Gasteiger partial charge in [-0.25, -0.2) is 21.6 Å². The highest BCUT2D eigenvalue weighted by Gasteiger charge is 2.31. The van der Waals surface area contributed by atoms with Gasteiger partial charge < -0.3 is 5.73 Å². The number of rotatable bonds is 3. The summed E-state index contributed by atoms with van der Waals surface area (Å²) >= 11 is 0. The second-order valence-corrected chi connectivity index (χ2v) is 8.66. The van der Waals surface area contributed by atoms with Crippen LogP contribution in [-0.2, 0) is 19.9 Å². The van der Waals surface area contributed by atoms with Gasteiger partial charge in [0.05, 0.1) is 16.4 Å². The highest BCUT2D eigenvalue weighted by atomic mass is 32.2. The summed E-state index contributed by atoms with van der Waals surface area (Å²) in [6.07, 6.45) is 0.308. The van der Waals surface area contributed by atoms with Crippen molar-refractivity contribution in [1.82, 2.24) is 4.72 Å². The van der Waals surface area contributed by atoms with Crippen LogP contribution in [0, 0.1) is 6.92 Å². The van der Waals surface area contributed by atoms with Crippen LogP contribution in [0.1, 0.15) is 12.0 Å². The first-order valence-corrected chi connectivity index (χ1v) is 9.09. The van der Waals surface area contributed by atoms with Crippen LogP contribution in [0.3, 0.4) is 0 Å². The SMILES string of the molecule is Cc1ccc(N)cc1S(=O)(=O)NC1CCS(=O)(=O)C1. The number of aryl methyl sites for hydroxylation is 1. The molecular weight excluding hydrogens is 288 g/mol. The number of sulfonamides is 1. The summed E-state index contributed by atoms with van der Waals surface area (Å²) in [6, 6.07) is 4.06. The van der Waals surface area contributed by atoms with Gasteiger partial charge in [-0.3, -0.25) is 0 Å². The lowest BCUT2D eigenvalue weighted by molar-refractivity contribution is 0.562. The van der Waals surface area contributed by atoms with Crippen LogP contribution in [0.25, 0.3) is 0 Å². The third-order valence-electron chi connectivity index (χ3n) is 3.06. The van der Waals surface area contributed by atoms with Crippen LogP contribution in [0.15, 0.2) is 23.1 Å². The fourth-order valence-corrected chi connectivity index (χ4v) is 5.41. The average Bonchev–Trinajstić information content (AvgIpc) is 2.60. The molecule has 1 aromatic rings. The minimum absolute atomic E-state index is 0.0239. The fourth-order valence-electron chi connectivity index (χ4n) is 2.08. The molecule has 1 aromatic carbocycles. The Bertz CT molecular complexity index is 695. The summed E-state index contributed by atoms with van der Waals surface area (Å²) in [7, 11) is -6.86. The van der Waals surface area contributed by atoms with E-state index in [9.17, 15) is 16.8 Å². The van der Waals surface area contributed by atoms with Gasteiger partial charge in [-0.1, -0.05) is 6.07 Å². The molecule has 0 bridgehead atoms. The van der Waals surface area contributed by atoms with Crippen molar-refractivity contribution < 1.29 is 16.8 Å². The normalized spacial score (nSPS) is 22.5. The molecule has 6 nitrogen and oxygen atoms in total. The zero-order chi connectivity index (χ0) is 14.3. The Morgan fingerprint density at radius 2 is 2.05 bits per heavy atom. The quantitative estimate of drug-likeness (QED) is 0.767. The largest absolute Gasteiger partial charge is 0.399 e. The van der Waals surface area contributed by atoms with Crippen molar-refractivity contribution in [2.24, 2.45) is 0 Å². The van der Waals surface area contributed by atoms with E-state index in [0.717, 1.165) is 0 Å². The van der Waals surface area contributed by atoms with Crippen molar-refractivity contribution >= 4 is 25.5 Å². The van der Waals surface area contributed by atoms with E-state index in [1.807, 2.05) is 0 Å². The summed E-state index contributed by atoms with van der Waals surface area (Å²) in [6.45, 7) is 1.67. The molecule has 2 rings (SSSR count). The van der Waals surface area contributed by atoms with Crippen molar-refractivity contribution in [1.29, 1.82) is 0 Å². The van der Waals surface area contributed by atoms with Gasteiger partial charge in [-0.15, -0.1) is 0 Å². The van der Waals surface area contributed by atoms with Crippen LogP contribution >= 0.6 is 0 Å². The summed E-state index contributed by atoms with van der Waals surface area (Å²) in [5.74, 6) is -0.121. The van der Waals surface area contributed by atoms with E-state index >= 15 is 0 Å². The molecule has 0 radical (unpaired) electrons. The van der Waals surface area contributed by atoms with Crippen LogP contribution in [0.2, 0.25) is 0 Å². The molecule has 1 aliphatic heterocycles. The topological polar surface area (TPSA) is 106 Å². The summed E-state index contributed by atoms with van der Waals surface area (Å²) in [4.78, 5) is 0.0943. The van der Waals surface area contributed by atoms with E-state index in [1.54, 1.807) is 19.1 Å². The Morgan fingerprint density at radius 1 is 1.37 bits per heavy atom. The van der Waals surface area contributed by atoms with Crippen LogP contribution in [0.4, 0.5) is 5.69 Å². The number of nitrogens with one attached hydrogen (secondary N) is 1. The second kappa shape index (κ2) is 4.77. The molecule has 19 heavy (non-hydrogen) atoms. The lowest BCUT2D eigenvalue weighted by Crippen LogP contribution is -2.35. The van der Waals surface area contributed by atoms with E-state index in [4.69, 9.17) is 5.73 Å². The molecule has 1 fully saturated rings. The fraction of sp³-hybridized carbons (Fsp3) is 0.455. The lowest BCUT2D eigenvalue weighted by Gasteiger charge is -2.13. The Morgan fingerprint density at radius 3 is 2.63 bits per heavy atom. The maximum atomic E-state index is 12.2. The van der Waals surface area contributed by atoms with Crippen LogP contribution in [-0.4, -0.2) is 34.4 Å². The first-order valence-electron chi connectivity index (χ1n) is 5.78. The van der Waals surface area contributed by atoms with Gasteiger partial charge in [-0.05, 0) is 31.0 Å². The van der Waals surface area contributed by atoms with Crippen molar-refractivity contribution in [3.63, 3.8) is 0 Å². The molecule has 0 aromatic heterocycles. The van der Waals surface area contributed by atoms with Crippen molar-refractivity contribution in [2.45, 2.75) is 24.3 Å². The molecule has 1 unspecified atom stereocenters. The molecule has 8 heteroatoms. The molecule has 1 saturated heterocycles. The minimum atomic E-state index is -3.74. The minimum Gasteiger partial charge on any atom is -0.399 e. The van der Waals surface area contributed by atoms with Gasteiger partial charge in [0, 0.05) is 11.7 Å². The zero-order valence-electron chi connectivity index (χ0n) is 10.5. The summed E-state index contributed by atoms with van der Waals surface area (Å²) < 4.78 is 49.5. The van der Waals surface area contributed by atoms with E-state index in [2.05, 4.69) is 4.72 Å². The summed E-state index contributed by atoms with van der Waals surface area (Å²) in [5, 5.41) is 0. The van der Waals surface area contributed by atoms with Crippen molar-refractivity contribution in [3.05, 3.63) is 23.8 Å². The van der Waals surface area contributed by atoms with Gasteiger partial charge in [-0.2, -0.15) is 0 Å². The zero-order valence-corrected chi connectivity index (χ0v) is 12.1. The number of nitrogen functional groups attached to an aromatic ring is 1. The maximum Gasteiger partial charge on any atom is 0.241 e. The van der Waals surface area contributed by atoms with Gasteiger partial charge in [0.1, 0.15) is 0 Å². The lowest BCUT2D eigenvalue weighted by atomic mass is 10.2. The molecular formula is C11H16N2O4S2. The van der Waals surface area contributed by atoms with Crippen LogP contribution in [0.5, 0.6) is 0 Å². The number of sulfone groups is 1. The Hall–Kier alpha value is -1.12. The first kappa shape index (κ1) is 14.3. The molecule has 3 N–H and O–H groups in total. The van der Waals surface area contributed by atoms with E-state index in [-0.39, 0.29) is 16.4 Å². The highest BCUT2D eigenvalue weighted by molar-refractivity contribution is 7.92. The van der Waals surface area contributed by atoms with Gasteiger partial charge in [0.15, 0.2) is 9.84 Å². The average molecular weight is 304 g/mol. The molecule has 1 atom stereocenters. The third kappa shape index (κ3) is 3.26. The number of anilines is 1. The smallest absolute Gasteiger partial charge is 0.241 e. The standard InChI is InChI=1S/C11H16N2O4S2/c1-8-2-3-9(12)6-11(8)19(16,17)13-10-4-5-18(14,15)7-10/h2-3,6,10,13H,4-5,7,12H2,1H3. The van der Waals surface area contributed by atoms with Crippen LogP contribution < -0.4 is 10.5 Å². The predicted octanol–water partition coefficient (Wildman–Crippen LogP) is 0.0426. The Balaban J connectivity index is 2.26. The van der Waals surface area contributed by atoms with E-state index in [0.29, 0.717) is 17.7 Å². The molecule has 0 aliphatic carbocycles. The van der Waals surface area contributed by atoms with E-state index < -0.39 is 25.9 Å². The number of hydrogen-bond acceptors (Lipinski definition) is 5. The van der Waals surface area contributed by atoms with Crippen molar-refractivity contribution in [2.75, 3.05) is 17.2 Å². The Kier molecular flexibility index (Phi) is 3.59. The molecule has 1 aliphatic rings. The first-order chi connectivity index (χ1) is 8.70. The number of benzene rings is 1. The Labute approximate surface area is 113 Å². The van der Waals surface area contributed by atoms with Gasteiger partial charge in [0.2, 0.25) is 10.0 Å². The monoisotopic (exact) mass is 304 g/mol. The third-order valence-corrected chi connectivity index (χ3v) is 6.49. The highest BCUT2D eigenvalue weighted by Crippen LogP contribution is 2.20. The number of nitrogens with two attached hydrogens (primary N) is 1. The van der Waals surface area contributed by atoms with E-state index in [1.165, 1.54) is 6.07 Å². The molecule has 0 amide bonds. The molecule has 106 valence electrons. The van der Waals surface area contributed by atoms with Gasteiger partial charge >= 0.3 is 0 Å². The summed E-state index contributed by atoms with van der Waals surface area (Å²) in [5.41, 5.74) is 6.51. The maximum absolute atomic E-state index is 12.2. The molecule has 0 spiro atoms.